The third kappa shape index (κ3) is 3.49. The molecule has 3 aromatic heterocycles. The van der Waals surface area contributed by atoms with E-state index in [4.69, 9.17) is 9.26 Å². The molecule has 10 heteroatoms. The van der Waals surface area contributed by atoms with Gasteiger partial charge in [-0.25, -0.2) is 4.98 Å². The van der Waals surface area contributed by atoms with Gasteiger partial charge >= 0.3 is 0 Å². The molecule has 0 radical (unpaired) electrons. The number of hydrogen-bond acceptors (Lipinski definition) is 8. The molecule has 1 aromatic carbocycles. The Bertz CT molecular complexity index is 1250. The fourth-order valence-electron chi connectivity index (χ4n) is 3.67. The molecule has 1 fully saturated rings. The smallest absolute Gasteiger partial charge is 0.256 e. The van der Waals surface area contributed by atoms with Crippen molar-refractivity contribution in [3.63, 3.8) is 0 Å². The molecular formula is C22H21N7O3. The lowest BCUT2D eigenvalue weighted by Crippen LogP contribution is -2.45. The Morgan fingerprint density at radius 2 is 2.06 bits per heavy atom. The van der Waals surface area contributed by atoms with Crippen molar-refractivity contribution in [1.29, 1.82) is 0 Å². The molecule has 4 aromatic rings. The summed E-state index contributed by atoms with van der Waals surface area (Å²) >= 11 is 0. The number of benzene rings is 1. The number of rotatable bonds is 6. The molecule has 0 spiro atoms. The van der Waals surface area contributed by atoms with E-state index in [1.807, 2.05) is 38.1 Å². The van der Waals surface area contributed by atoms with Gasteiger partial charge in [0.15, 0.2) is 0 Å². The van der Waals surface area contributed by atoms with Crippen LogP contribution in [0.5, 0.6) is 5.88 Å². The maximum absolute atomic E-state index is 13.4. The summed E-state index contributed by atoms with van der Waals surface area (Å²) in [6.45, 7) is 4.90. The first-order valence-electron chi connectivity index (χ1n) is 10.4. The number of carbonyl (C=O) groups is 1. The summed E-state index contributed by atoms with van der Waals surface area (Å²) in [7, 11) is 0. The second-order valence-electron chi connectivity index (χ2n) is 7.39. The predicted octanol–water partition coefficient (Wildman–Crippen LogP) is 3.01. The van der Waals surface area contributed by atoms with Gasteiger partial charge in [-0.1, -0.05) is 16.8 Å². The largest absolute Gasteiger partial charge is 0.477 e. The monoisotopic (exact) mass is 431 g/mol. The second kappa shape index (κ2) is 8.22. The highest BCUT2D eigenvalue weighted by Gasteiger charge is 2.39. The highest BCUT2D eigenvalue weighted by molar-refractivity contribution is 5.98. The summed E-state index contributed by atoms with van der Waals surface area (Å²) in [6, 6.07) is 8.94. The first-order chi connectivity index (χ1) is 15.7. The van der Waals surface area contributed by atoms with Gasteiger partial charge in [0.05, 0.1) is 35.8 Å². The van der Waals surface area contributed by atoms with E-state index in [1.165, 1.54) is 4.80 Å². The van der Waals surface area contributed by atoms with Gasteiger partial charge < -0.3 is 14.2 Å². The fourth-order valence-corrected chi connectivity index (χ4v) is 3.67. The van der Waals surface area contributed by atoms with Crippen molar-refractivity contribution < 1.29 is 14.1 Å². The number of aryl methyl sites for hydroxylation is 1. The van der Waals surface area contributed by atoms with Crippen LogP contribution in [-0.4, -0.2) is 54.1 Å². The molecule has 1 amide bonds. The molecule has 1 aliphatic rings. The van der Waals surface area contributed by atoms with E-state index in [-0.39, 0.29) is 11.9 Å². The number of hydrogen-bond donors (Lipinski definition) is 0. The van der Waals surface area contributed by atoms with E-state index in [0.717, 1.165) is 12.0 Å². The summed E-state index contributed by atoms with van der Waals surface area (Å²) < 4.78 is 11.1. The first-order valence-corrected chi connectivity index (χ1v) is 10.4. The predicted molar refractivity (Wildman–Crippen MR) is 113 cm³/mol. The van der Waals surface area contributed by atoms with Gasteiger partial charge in [-0.05, 0) is 44.5 Å². The minimum atomic E-state index is -0.296. The Kier molecular flexibility index (Phi) is 5.10. The van der Waals surface area contributed by atoms with Crippen LogP contribution in [0.25, 0.3) is 17.1 Å². The molecule has 0 bridgehead atoms. The van der Waals surface area contributed by atoms with Crippen LogP contribution in [0.1, 0.15) is 41.2 Å². The quantitative estimate of drug-likeness (QED) is 0.458. The highest BCUT2D eigenvalue weighted by Crippen LogP contribution is 2.36. The minimum Gasteiger partial charge on any atom is -0.477 e. The Morgan fingerprint density at radius 3 is 2.81 bits per heavy atom. The Balaban J connectivity index is 1.43. The van der Waals surface area contributed by atoms with Crippen molar-refractivity contribution in [2.75, 3.05) is 13.2 Å². The number of nitrogens with zero attached hydrogens (tertiary/aromatic N) is 7. The zero-order chi connectivity index (χ0) is 22.1. The molecule has 1 unspecified atom stereocenters. The lowest BCUT2D eigenvalue weighted by atomic mass is 9.99. The fraction of sp³-hybridized carbons (Fsp3) is 0.273. The second-order valence-corrected chi connectivity index (χ2v) is 7.39. The van der Waals surface area contributed by atoms with Crippen molar-refractivity contribution in [1.82, 2.24) is 35.0 Å². The third-order valence-corrected chi connectivity index (χ3v) is 5.32. The van der Waals surface area contributed by atoms with Gasteiger partial charge in [-0.2, -0.15) is 20.0 Å². The molecule has 1 atom stereocenters. The third-order valence-electron chi connectivity index (χ3n) is 5.32. The van der Waals surface area contributed by atoms with E-state index in [1.54, 1.807) is 29.6 Å². The molecule has 5 rings (SSSR count). The van der Waals surface area contributed by atoms with Gasteiger partial charge in [-0.15, -0.1) is 0 Å². The summed E-state index contributed by atoms with van der Waals surface area (Å²) in [4.78, 5) is 25.4. The van der Waals surface area contributed by atoms with Crippen LogP contribution in [0, 0.1) is 6.92 Å². The average Bonchev–Trinajstić information content (AvgIpc) is 3.46. The van der Waals surface area contributed by atoms with E-state index in [9.17, 15) is 4.79 Å². The summed E-state index contributed by atoms with van der Waals surface area (Å²) in [5.41, 5.74) is 2.77. The van der Waals surface area contributed by atoms with E-state index >= 15 is 0 Å². The van der Waals surface area contributed by atoms with Gasteiger partial charge in [0.2, 0.25) is 17.6 Å². The van der Waals surface area contributed by atoms with Crippen LogP contribution in [0.15, 0.2) is 53.4 Å². The maximum atomic E-state index is 13.4. The molecule has 32 heavy (non-hydrogen) atoms. The molecule has 0 aliphatic carbocycles. The zero-order valence-electron chi connectivity index (χ0n) is 17.7. The summed E-state index contributed by atoms with van der Waals surface area (Å²) in [5.74, 6) is 1.08. The van der Waals surface area contributed by atoms with Crippen LogP contribution in [0.4, 0.5) is 0 Å². The highest BCUT2D eigenvalue weighted by atomic mass is 16.5. The Morgan fingerprint density at radius 1 is 1.22 bits per heavy atom. The van der Waals surface area contributed by atoms with Crippen LogP contribution in [0.2, 0.25) is 0 Å². The molecule has 1 saturated heterocycles. The summed E-state index contributed by atoms with van der Waals surface area (Å²) in [6.07, 6.45) is 5.54. The lowest BCUT2D eigenvalue weighted by Gasteiger charge is -2.38. The summed E-state index contributed by atoms with van der Waals surface area (Å²) in [5, 5.41) is 12.5. The van der Waals surface area contributed by atoms with Crippen molar-refractivity contribution in [3.8, 4) is 23.0 Å². The standard InChI is InChI=1S/C22H21N7O3/c1-3-31-20-15(5-4-9-23-20)19-26-21(32-27-19)18-8-12-28(18)22(30)16-13-14(2)6-7-17(16)29-24-10-11-25-29/h4-7,9-11,13,18H,3,8,12H2,1-2H3. The lowest BCUT2D eigenvalue weighted by molar-refractivity contribution is 0.0378. The van der Waals surface area contributed by atoms with Crippen molar-refractivity contribution in [3.05, 3.63) is 65.9 Å². The SMILES string of the molecule is CCOc1ncccc1-c1noc(C2CCN2C(=O)c2cc(C)ccc2-n2nccn2)n1. The van der Waals surface area contributed by atoms with Crippen molar-refractivity contribution in [2.45, 2.75) is 26.3 Å². The zero-order valence-corrected chi connectivity index (χ0v) is 17.7. The van der Waals surface area contributed by atoms with Gasteiger partial charge in [0, 0.05) is 12.7 Å². The average molecular weight is 431 g/mol. The van der Waals surface area contributed by atoms with Gasteiger partial charge in [0.1, 0.15) is 6.04 Å². The van der Waals surface area contributed by atoms with Crippen LogP contribution >= 0.6 is 0 Å². The van der Waals surface area contributed by atoms with E-state index < -0.39 is 0 Å². The maximum Gasteiger partial charge on any atom is 0.256 e. The first kappa shape index (κ1) is 19.9. The Labute approximate surface area is 183 Å². The van der Waals surface area contributed by atoms with E-state index in [0.29, 0.717) is 47.6 Å². The Hall–Kier alpha value is -4.08. The van der Waals surface area contributed by atoms with Crippen LogP contribution < -0.4 is 4.74 Å². The molecule has 0 saturated carbocycles. The number of likely N-dealkylation sites (tertiary alicyclic amines) is 1. The van der Waals surface area contributed by atoms with Crippen molar-refractivity contribution >= 4 is 5.91 Å². The molecular weight excluding hydrogens is 410 g/mol. The number of pyridine rings is 1. The molecule has 0 N–H and O–H groups in total. The topological polar surface area (TPSA) is 112 Å². The number of amides is 1. The number of carbonyl (C=O) groups excluding carboxylic acids is 1. The molecule has 162 valence electrons. The minimum absolute atomic E-state index is 0.131. The van der Waals surface area contributed by atoms with Crippen LogP contribution in [-0.2, 0) is 0 Å². The number of aromatic nitrogens is 6. The molecule has 10 nitrogen and oxygen atoms in total. The van der Waals surface area contributed by atoms with Crippen LogP contribution in [0.3, 0.4) is 0 Å². The molecule has 4 heterocycles. The van der Waals surface area contributed by atoms with E-state index in [2.05, 4.69) is 25.3 Å². The number of ether oxygens (including phenoxy) is 1. The van der Waals surface area contributed by atoms with Crippen molar-refractivity contribution in [2.24, 2.45) is 0 Å². The molecule has 1 aliphatic heterocycles. The normalized spacial score (nSPS) is 15.4. The van der Waals surface area contributed by atoms with Gasteiger partial charge in [-0.3, -0.25) is 4.79 Å². The van der Waals surface area contributed by atoms with Gasteiger partial charge in [0.25, 0.3) is 5.91 Å².